The Morgan fingerprint density at radius 1 is 1.09 bits per heavy atom. The molecule has 1 atom stereocenters. The number of anilines is 1. The second-order valence-corrected chi connectivity index (χ2v) is 9.37. The van der Waals surface area contributed by atoms with Crippen molar-refractivity contribution in [2.75, 3.05) is 4.90 Å². The summed E-state index contributed by atoms with van der Waals surface area (Å²) in [7, 11) is 0. The molecule has 0 radical (unpaired) electrons. The molecule has 1 aliphatic rings. The molecule has 0 bridgehead atoms. The molecule has 6 rings (SSSR count). The number of nitrogens with one attached hydrogen (secondary N) is 1. The number of aromatic nitrogens is 2. The summed E-state index contributed by atoms with van der Waals surface area (Å²) in [5.41, 5.74) is 3.50. The highest BCUT2D eigenvalue weighted by Crippen LogP contribution is 2.42. The van der Waals surface area contributed by atoms with Gasteiger partial charge in [-0.1, -0.05) is 57.9 Å². The first kappa shape index (κ1) is 21.4. The van der Waals surface area contributed by atoms with Gasteiger partial charge in [0.2, 0.25) is 11.7 Å². The first-order valence-electron chi connectivity index (χ1n) is 10.9. The van der Waals surface area contributed by atoms with Gasteiger partial charge in [-0.25, -0.2) is 4.98 Å². The molecule has 35 heavy (non-hydrogen) atoms. The van der Waals surface area contributed by atoms with Crippen molar-refractivity contribution in [2.45, 2.75) is 13.0 Å². The van der Waals surface area contributed by atoms with Gasteiger partial charge >= 0.3 is 0 Å². The average Bonchev–Trinajstić information content (AvgIpc) is 3.52. The second kappa shape index (κ2) is 7.95. The quantitative estimate of drug-likeness (QED) is 0.272. The lowest BCUT2D eigenvalue weighted by atomic mass is 9.94. The number of halogens is 1. The molecule has 0 fully saturated rings. The average molecular weight is 528 g/mol. The van der Waals surface area contributed by atoms with Crippen LogP contribution in [0.15, 0.2) is 93.0 Å². The van der Waals surface area contributed by atoms with E-state index in [0.717, 1.165) is 20.9 Å². The molecule has 7 nitrogen and oxygen atoms in total. The van der Waals surface area contributed by atoms with Crippen LogP contribution in [0, 0.1) is 6.92 Å². The zero-order chi connectivity index (χ0) is 24.3. The summed E-state index contributed by atoms with van der Waals surface area (Å²) in [6.45, 7) is 1.92. The summed E-state index contributed by atoms with van der Waals surface area (Å²) in [5.74, 6) is -1.61. The second-order valence-electron chi connectivity index (χ2n) is 8.45. The fourth-order valence-electron chi connectivity index (χ4n) is 4.52. The van der Waals surface area contributed by atoms with Gasteiger partial charge in [0.15, 0.2) is 11.5 Å². The number of aliphatic hydroxyl groups excluding tert-OH is 1. The fourth-order valence-corrected chi connectivity index (χ4v) is 4.90. The first-order chi connectivity index (χ1) is 16.9. The maximum Gasteiger partial charge on any atom is 0.296 e. The number of Topliss-reactive ketones (excluding diaryl/α,β-unsaturated/α-hetero) is 1. The highest BCUT2D eigenvalue weighted by atomic mass is 79.9. The number of hydrogen-bond acceptors (Lipinski definition) is 5. The van der Waals surface area contributed by atoms with Gasteiger partial charge in [0.05, 0.1) is 22.6 Å². The number of rotatable bonds is 4. The van der Waals surface area contributed by atoms with E-state index < -0.39 is 23.5 Å². The van der Waals surface area contributed by atoms with Crippen molar-refractivity contribution in [1.82, 2.24) is 9.97 Å². The lowest BCUT2D eigenvalue weighted by molar-refractivity contribution is -0.117. The van der Waals surface area contributed by atoms with Gasteiger partial charge in [0, 0.05) is 9.86 Å². The molecule has 0 saturated heterocycles. The topological polar surface area (TPSA) is 99.4 Å². The Bertz CT molecular complexity index is 1660. The van der Waals surface area contributed by atoms with E-state index in [4.69, 9.17) is 4.42 Å². The summed E-state index contributed by atoms with van der Waals surface area (Å²) in [5, 5.41) is 11.7. The largest absolute Gasteiger partial charge is 0.503 e. The van der Waals surface area contributed by atoms with Crippen LogP contribution in [-0.4, -0.2) is 26.8 Å². The Labute approximate surface area is 207 Å². The van der Waals surface area contributed by atoms with Crippen LogP contribution in [-0.2, 0) is 4.79 Å². The molecule has 1 amide bonds. The molecule has 3 heterocycles. The molecule has 3 aromatic carbocycles. The fraction of sp³-hybridized carbons (Fsp3) is 0.0741. The van der Waals surface area contributed by atoms with E-state index >= 15 is 0 Å². The Hall–Kier alpha value is -4.17. The Morgan fingerprint density at radius 2 is 1.91 bits per heavy atom. The van der Waals surface area contributed by atoms with Crippen molar-refractivity contribution >= 4 is 55.6 Å². The van der Waals surface area contributed by atoms with Crippen molar-refractivity contribution in [1.29, 1.82) is 0 Å². The molecular weight excluding hydrogens is 510 g/mol. The minimum absolute atomic E-state index is 0.0385. The predicted octanol–water partition coefficient (Wildman–Crippen LogP) is 6.16. The van der Waals surface area contributed by atoms with Crippen LogP contribution in [0.3, 0.4) is 0 Å². The monoisotopic (exact) mass is 527 g/mol. The van der Waals surface area contributed by atoms with Gasteiger partial charge in [-0.15, -0.1) is 0 Å². The molecule has 0 aliphatic carbocycles. The van der Waals surface area contributed by atoms with Crippen LogP contribution in [0.5, 0.6) is 0 Å². The summed E-state index contributed by atoms with van der Waals surface area (Å²) in [4.78, 5) is 36.2. The number of ketones is 1. The number of imidazole rings is 1. The van der Waals surface area contributed by atoms with Crippen LogP contribution in [0.2, 0.25) is 0 Å². The van der Waals surface area contributed by atoms with Crippen LogP contribution in [0.4, 0.5) is 5.95 Å². The number of aryl methyl sites for hydroxylation is 1. The zero-order valence-electron chi connectivity index (χ0n) is 18.4. The summed E-state index contributed by atoms with van der Waals surface area (Å²) in [6, 6.07) is 21.0. The molecule has 5 aromatic rings. The van der Waals surface area contributed by atoms with Crippen LogP contribution >= 0.6 is 15.9 Å². The molecule has 1 aliphatic heterocycles. The standard InChI is InChI=1S/C27H18BrN3O4/c1-14-5-4-6-15(11-14)23-22(24(32)21-13-16-12-17(28)9-10-20(16)35-21)25(33)26(34)31(23)27-29-18-7-2-3-8-19(18)30-27/h2-13,23,33H,1H3,(H,29,30). The molecule has 0 spiro atoms. The third-order valence-electron chi connectivity index (χ3n) is 6.12. The van der Waals surface area contributed by atoms with Crippen molar-refractivity contribution in [3.05, 3.63) is 105 Å². The molecule has 172 valence electrons. The molecule has 8 heteroatoms. The third-order valence-corrected chi connectivity index (χ3v) is 6.61. The summed E-state index contributed by atoms with van der Waals surface area (Å²) in [6.07, 6.45) is 0. The Kier molecular flexibility index (Phi) is 4.86. The van der Waals surface area contributed by atoms with Gasteiger partial charge in [0.25, 0.3) is 5.91 Å². The number of amides is 1. The summed E-state index contributed by atoms with van der Waals surface area (Å²) < 4.78 is 6.65. The van der Waals surface area contributed by atoms with Crippen molar-refractivity contribution in [3.63, 3.8) is 0 Å². The minimum Gasteiger partial charge on any atom is -0.503 e. The number of aromatic amines is 1. The number of benzene rings is 3. The van der Waals surface area contributed by atoms with E-state index in [1.54, 1.807) is 12.1 Å². The van der Waals surface area contributed by atoms with E-state index in [-0.39, 0.29) is 17.3 Å². The lowest BCUT2D eigenvalue weighted by Crippen LogP contribution is -2.32. The third kappa shape index (κ3) is 3.45. The maximum absolute atomic E-state index is 13.7. The van der Waals surface area contributed by atoms with E-state index in [1.807, 2.05) is 67.6 Å². The van der Waals surface area contributed by atoms with Gasteiger partial charge in [0.1, 0.15) is 5.58 Å². The summed E-state index contributed by atoms with van der Waals surface area (Å²) >= 11 is 3.42. The normalized spacial score (nSPS) is 16.1. The van der Waals surface area contributed by atoms with Crippen molar-refractivity contribution < 1.29 is 19.1 Å². The van der Waals surface area contributed by atoms with Gasteiger partial charge < -0.3 is 14.5 Å². The molecule has 2 aromatic heterocycles. The van der Waals surface area contributed by atoms with Crippen molar-refractivity contribution in [3.8, 4) is 0 Å². The number of carbonyl (C=O) groups is 2. The van der Waals surface area contributed by atoms with Gasteiger partial charge in [-0.05, 0) is 48.9 Å². The van der Waals surface area contributed by atoms with Crippen molar-refractivity contribution in [2.24, 2.45) is 0 Å². The first-order valence-corrected chi connectivity index (χ1v) is 11.7. The SMILES string of the molecule is Cc1cccc(C2C(C(=O)c3cc4cc(Br)ccc4o3)=C(O)C(=O)N2c2nc3ccccc3[nH]2)c1. The number of furan rings is 1. The van der Waals surface area contributed by atoms with E-state index in [0.29, 0.717) is 16.7 Å². The van der Waals surface area contributed by atoms with E-state index in [9.17, 15) is 14.7 Å². The number of H-pyrrole nitrogens is 1. The van der Waals surface area contributed by atoms with Crippen LogP contribution in [0.25, 0.3) is 22.0 Å². The number of aliphatic hydroxyl groups is 1. The maximum atomic E-state index is 13.7. The number of hydrogen-bond donors (Lipinski definition) is 2. The van der Waals surface area contributed by atoms with Crippen LogP contribution in [0.1, 0.15) is 27.7 Å². The zero-order valence-corrected chi connectivity index (χ0v) is 20.0. The van der Waals surface area contributed by atoms with Gasteiger partial charge in [-0.3, -0.25) is 14.5 Å². The molecular formula is C27H18BrN3O4. The lowest BCUT2D eigenvalue weighted by Gasteiger charge is -2.24. The smallest absolute Gasteiger partial charge is 0.296 e. The van der Waals surface area contributed by atoms with Crippen LogP contribution < -0.4 is 4.90 Å². The highest BCUT2D eigenvalue weighted by Gasteiger charge is 2.46. The van der Waals surface area contributed by atoms with E-state index in [2.05, 4.69) is 25.9 Å². The van der Waals surface area contributed by atoms with E-state index in [1.165, 1.54) is 4.90 Å². The number of para-hydroxylation sites is 2. The number of nitrogens with zero attached hydrogens (tertiary/aromatic N) is 2. The molecule has 1 unspecified atom stereocenters. The van der Waals surface area contributed by atoms with Gasteiger partial charge in [-0.2, -0.15) is 0 Å². The highest BCUT2D eigenvalue weighted by molar-refractivity contribution is 9.10. The Balaban J connectivity index is 1.52. The minimum atomic E-state index is -0.893. The molecule has 0 saturated carbocycles. The number of carbonyl (C=O) groups excluding carboxylic acids is 2. The number of fused-ring (bicyclic) bond motifs is 2. The Morgan fingerprint density at radius 3 is 2.71 bits per heavy atom. The molecule has 2 N–H and O–H groups in total. The predicted molar refractivity (Wildman–Crippen MR) is 135 cm³/mol.